The maximum Gasteiger partial charge on any atom is 0.339 e. The summed E-state index contributed by atoms with van der Waals surface area (Å²) in [5, 5.41) is 0. The molecular formula is C15H15NO2. The summed E-state index contributed by atoms with van der Waals surface area (Å²) in [5.41, 5.74) is 4.09. The quantitative estimate of drug-likeness (QED) is 0.719. The lowest BCUT2D eigenvalue weighted by Gasteiger charge is -2.18. The van der Waals surface area contributed by atoms with Crippen LogP contribution in [0.25, 0.3) is 5.69 Å². The third-order valence-electron chi connectivity index (χ3n) is 3.72. The predicted molar refractivity (Wildman–Crippen MR) is 69.2 cm³/mol. The molecule has 0 atom stereocenters. The number of benzene rings is 1. The van der Waals surface area contributed by atoms with E-state index in [0.717, 1.165) is 11.4 Å². The zero-order valence-corrected chi connectivity index (χ0v) is 10.7. The van der Waals surface area contributed by atoms with Crippen molar-refractivity contribution in [2.75, 3.05) is 7.11 Å². The Balaban J connectivity index is 2.24. The molecule has 0 saturated carbocycles. The van der Waals surface area contributed by atoms with Crippen molar-refractivity contribution in [2.45, 2.75) is 19.3 Å². The Morgan fingerprint density at radius 2 is 2.00 bits per heavy atom. The highest BCUT2D eigenvalue weighted by Gasteiger charge is 2.36. The van der Waals surface area contributed by atoms with Gasteiger partial charge < -0.3 is 9.30 Å². The van der Waals surface area contributed by atoms with Crippen LogP contribution in [-0.2, 0) is 10.2 Å². The Morgan fingerprint density at radius 3 is 2.72 bits per heavy atom. The average Bonchev–Trinajstić information content (AvgIpc) is 2.90. The molecule has 0 amide bonds. The van der Waals surface area contributed by atoms with Crippen molar-refractivity contribution < 1.29 is 9.53 Å². The Hall–Kier alpha value is -2.03. The summed E-state index contributed by atoms with van der Waals surface area (Å²) in [6.45, 7) is 4.34. The number of carbonyl (C=O) groups is 1. The first-order valence-corrected chi connectivity index (χ1v) is 5.97. The van der Waals surface area contributed by atoms with Gasteiger partial charge in [0.1, 0.15) is 0 Å². The Kier molecular flexibility index (Phi) is 2.14. The number of aromatic nitrogens is 1. The molecule has 1 aliphatic rings. The number of hydrogen-bond donors (Lipinski definition) is 0. The van der Waals surface area contributed by atoms with Gasteiger partial charge in [-0.1, -0.05) is 32.0 Å². The van der Waals surface area contributed by atoms with Crippen LogP contribution in [-0.4, -0.2) is 17.6 Å². The number of nitrogens with zero attached hydrogens (tertiary/aromatic N) is 1. The normalized spacial score (nSPS) is 15.1. The standard InChI is InChI=1S/C15H15NO2/c1-15(2)11-6-4-5-7-12(11)16-9-10(8-13(15)16)14(17)18-3/h4-9H,1-3H3. The predicted octanol–water partition coefficient (Wildman–Crippen LogP) is 2.90. The maximum absolute atomic E-state index is 11.6. The van der Waals surface area contributed by atoms with Gasteiger partial charge in [0.2, 0.25) is 0 Å². The molecule has 3 heteroatoms. The van der Waals surface area contributed by atoms with Gasteiger partial charge in [-0.05, 0) is 17.7 Å². The summed E-state index contributed by atoms with van der Waals surface area (Å²) in [7, 11) is 1.41. The number of carbonyl (C=O) groups excluding carboxylic acids is 1. The molecule has 2 aromatic rings. The summed E-state index contributed by atoms with van der Waals surface area (Å²) in [4.78, 5) is 11.6. The van der Waals surface area contributed by atoms with Gasteiger partial charge >= 0.3 is 5.97 Å². The van der Waals surface area contributed by atoms with Gasteiger partial charge in [0.25, 0.3) is 0 Å². The number of rotatable bonds is 1. The second-order valence-electron chi connectivity index (χ2n) is 5.12. The number of hydrogen-bond acceptors (Lipinski definition) is 2. The van der Waals surface area contributed by atoms with E-state index in [4.69, 9.17) is 4.74 Å². The molecule has 0 fully saturated rings. The van der Waals surface area contributed by atoms with Crippen molar-refractivity contribution in [3.63, 3.8) is 0 Å². The van der Waals surface area contributed by atoms with E-state index >= 15 is 0 Å². The molecule has 0 saturated heterocycles. The van der Waals surface area contributed by atoms with Crippen molar-refractivity contribution in [1.29, 1.82) is 0 Å². The monoisotopic (exact) mass is 241 g/mol. The summed E-state index contributed by atoms with van der Waals surface area (Å²) in [6.07, 6.45) is 1.86. The van der Waals surface area contributed by atoms with Crippen LogP contribution in [0, 0.1) is 0 Å². The van der Waals surface area contributed by atoms with E-state index in [1.165, 1.54) is 12.7 Å². The minimum atomic E-state index is -0.287. The average molecular weight is 241 g/mol. The van der Waals surface area contributed by atoms with Gasteiger partial charge in [0.15, 0.2) is 0 Å². The largest absolute Gasteiger partial charge is 0.465 e. The van der Waals surface area contributed by atoms with E-state index < -0.39 is 0 Å². The molecule has 1 aromatic heterocycles. The van der Waals surface area contributed by atoms with Gasteiger partial charge in [-0.25, -0.2) is 4.79 Å². The van der Waals surface area contributed by atoms with Crippen LogP contribution in [0.2, 0.25) is 0 Å². The fraction of sp³-hybridized carbons (Fsp3) is 0.267. The molecule has 1 aromatic carbocycles. The third kappa shape index (κ3) is 1.27. The van der Waals surface area contributed by atoms with E-state index in [-0.39, 0.29) is 11.4 Å². The van der Waals surface area contributed by atoms with E-state index in [2.05, 4.69) is 30.5 Å². The number of methoxy groups -OCH3 is 1. The van der Waals surface area contributed by atoms with Crippen molar-refractivity contribution in [1.82, 2.24) is 4.57 Å². The van der Waals surface area contributed by atoms with Crippen molar-refractivity contribution in [3.05, 3.63) is 53.3 Å². The smallest absolute Gasteiger partial charge is 0.339 e. The number of fused-ring (bicyclic) bond motifs is 3. The maximum atomic E-state index is 11.6. The van der Waals surface area contributed by atoms with E-state index in [9.17, 15) is 4.79 Å². The highest BCUT2D eigenvalue weighted by atomic mass is 16.5. The van der Waals surface area contributed by atoms with Crippen molar-refractivity contribution in [2.24, 2.45) is 0 Å². The first kappa shape index (κ1) is 11.1. The van der Waals surface area contributed by atoms with Gasteiger partial charge in [-0.2, -0.15) is 0 Å². The molecule has 0 spiro atoms. The van der Waals surface area contributed by atoms with E-state index in [1.54, 1.807) is 0 Å². The van der Waals surface area contributed by atoms with E-state index in [0.29, 0.717) is 5.56 Å². The second-order valence-corrected chi connectivity index (χ2v) is 5.12. The molecule has 2 heterocycles. The van der Waals surface area contributed by atoms with Crippen LogP contribution in [0.1, 0.15) is 35.5 Å². The highest BCUT2D eigenvalue weighted by molar-refractivity contribution is 5.90. The highest BCUT2D eigenvalue weighted by Crippen LogP contribution is 2.43. The summed E-state index contributed by atoms with van der Waals surface area (Å²) >= 11 is 0. The van der Waals surface area contributed by atoms with Gasteiger partial charge in [0.05, 0.1) is 12.7 Å². The first-order chi connectivity index (χ1) is 8.55. The molecule has 3 rings (SSSR count). The number of esters is 1. The van der Waals surface area contributed by atoms with Gasteiger partial charge in [-0.3, -0.25) is 0 Å². The molecule has 1 aliphatic heterocycles. The number of ether oxygens (including phenoxy) is 1. The SMILES string of the molecule is COC(=O)c1cc2n(c1)-c1ccccc1C2(C)C. The molecule has 0 radical (unpaired) electrons. The van der Waals surface area contributed by atoms with Crippen molar-refractivity contribution in [3.8, 4) is 5.69 Å². The van der Waals surface area contributed by atoms with Crippen LogP contribution in [0.15, 0.2) is 36.5 Å². The molecule has 0 unspecified atom stereocenters. The lowest BCUT2D eigenvalue weighted by molar-refractivity contribution is 0.0601. The Labute approximate surface area is 106 Å². The summed E-state index contributed by atoms with van der Waals surface area (Å²) in [5.74, 6) is -0.287. The van der Waals surface area contributed by atoms with Crippen LogP contribution in [0.4, 0.5) is 0 Å². The molecule has 92 valence electrons. The summed E-state index contributed by atoms with van der Waals surface area (Å²) < 4.78 is 6.86. The molecule has 3 nitrogen and oxygen atoms in total. The minimum absolute atomic E-state index is 0.0805. The van der Waals surface area contributed by atoms with Crippen LogP contribution in [0.3, 0.4) is 0 Å². The molecular weight excluding hydrogens is 226 g/mol. The lowest BCUT2D eigenvalue weighted by atomic mass is 9.83. The van der Waals surface area contributed by atoms with Gasteiger partial charge in [-0.15, -0.1) is 0 Å². The molecule has 0 bridgehead atoms. The van der Waals surface area contributed by atoms with Crippen molar-refractivity contribution >= 4 is 5.97 Å². The van der Waals surface area contributed by atoms with E-state index in [1.807, 2.05) is 24.4 Å². The second kappa shape index (κ2) is 3.48. The molecule has 0 N–H and O–H groups in total. The third-order valence-corrected chi connectivity index (χ3v) is 3.72. The number of para-hydroxylation sites is 1. The zero-order chi connectivity index (χ0) is 12.9. The van der Waals surface area contributed by atoms with Crippen LogP contribution < -0.4 is 0 Å². The first-order valence-electron chi connectivity index (χ1n) is 5.97. The molecule has 0 aliphatic carbocycles. The fourth-order valence-electron chi connectivity index (χ4n) is 2.72. The summed E-state index contributed by atoms with van der Waals surface area (Å²) in [6, 6.07) is 10.2. The Morgan fingerprint density at radius 1 is 1.28 bits per heavy atom. The topological polar surface area (TPSA) is 31.2 Å². The minimum Gasteiger partial charge on any atom is -0.465 e. The van der Waals surface area contributed by atoms with Crippen LogP contribution in [0.5, 0.6) is 0 Å². The fourth-order valence-corrected chi connectivity index (χ4v) is 2.72. The van der Waals surface area contributed by atoms with Crippen LogP contribution >= 0.6 is 0 Å². The zero-order valence-electron chi connectivity index (χ0n) is 10.7. The lowest BCUT2D eigenvalue weighted by Crippen LogP contribution is -2.15. The molecule has 18 heavy (non-hydrogen) atoms. The Bertz CT molecular complexity index is 638. The van der Waals surface area contributed by atoms with Gasteiger partial charge in [0, 0.05) is 23.0 Å².